The van der Waals surface area contributed by atoms with Crippen LogP contribution in [-0.2, 0) is 24.2 Å². The summed E-state index contributed by atoms with van der Waals surface area (Å²) in [4.78, 5) is 4.41. The van der Waals surface area contributed by atoms with E-state index in [1.807, 2.05) is 6.20 Å². The van der Waals surface area contributed by atoms with Crippen molar-refractivity contribution in [3.8, 4) is 0 Å². The SMILES string of the molecule is CCc1cnc2c(c1)COCC2. The van der Waals surface area contributed by atoms with Crippen LogP contribution in [0.1, 0.15) is 23.7 Å². The number of nitrogens with zero attached hydrogens (tertiary/aromatic N) is 1. The van der Waals surface area contributed by atoms with Crippen molar-refractivity contribution in [3.05, 3.63) is 29.1 Å². The van der Waals surface area contributed by atoms with Crippen LogP contribution in [0.4, 0.5) is 0 Å². The molecule has 0 fully saturated rings. The Morgan fingerprint density at radius 1 is 1.58 bits per heavy atom. The molecule has 0 radical (unpaired) electrons. The summed E-state index contributed by atoms with van der Waals surface area (Å²) in [5.74, 6) is 0. The van der Waals surface area contributed by atoms with Gasteiger partial charge in [-0.2, -0.15) is 0 Å². The maximum Gasteiger partial charge on any atom is 0.0734 e. The van der Waals surface area contributed by atoms with Crippen LogP contribution >= 0.6 is 0 Å². The molecule has 0 N–H and O–H groups in total. The van der Waals surface area contributed by atoms with Gasteiger partial charge in [0.1, 0.15) is 0 Å². The molecule has 0 aliphatic carbocycles. The third-order valence-corrected chi connectivity index (χ3v) is 2.27. The number of hydrogen-bond acceptors (Lipinski definition) is 2. The summed E-state index contributed by atoms with van der Waals surface area (Å²) in [5, 5.41) is 0. The summed E-state index contributed by atoms with van der Waals surface area (Å²) in [5.41, 5.74) is 3.80. The van der Waals surface area contributed by atoms with Gasteiger partial charge in [-0.25, -0.2) is 0 Å². The highest BCUT2D eigenvalue weighted by atomic mass is 16.5. The fraction of sp³-hybridized carbons (Fsp3) is 0.500. The standard InChI is InChI=1S/C10H13NO/c1-2-8-5-9-7-12-4-3-10(9)11-6-8/h5-6H,2-4,7H2,1H3. The summed E-state index contributed by atoms with van der Waals surface area (Å²) < 4.78 is 5.36. The van der Waals surface area contributed by atoms with Crippen molar-refractivity contribution in [1.82, 2.24) is 4.98 Å². The predicted molar refractivity (Wildman–Crippen MR) is 47.0 cm³/mol. The van der Waals surface area contributed by atoms with Crippen LogP contribution in [-0.4, -0.2) is 11.6 Å². The van der Waals surface area contributed by atoms with Crippen LogP contribution in [0.15, 0.2) is 12.3 Å². The van der Waals surface area contributed by atoms with Gasteiger partial charge in [-0.1, -0.05) is 13.0 Å². The molecule has 0 atom stereocenters. The Morgan fingerprint density at radius 2 is 2.50 bits per heavy atom. The van der Waals surface area contributed by atoms with Crippen LogP contribution in [0.5, 0.6) is 0 Å². The molecule has 2 nitrogen and oxygen atoms in total. The number of hydrogen-bond donors (Lipinski definition) is 0. The van der Waals surface area contributed by atoms with E-state index in [-0.39, 0.29) is 0 Å². The van der Waals surface area contributed by atoms with Gasteiger partial charge in [0.2, 0.25) is 0 Å². The van der Waals surface area contributed by atoms with Crippen molar-refractivity contribution >= 4 is 0 Å². The molecule has 1 aromatic rings. The van der Waals surface area contributed by atoms with Crippen molar-refractivity contribution in [2.24, 2.45) is 0 Å². The zero-order chi connectivity index (χ0) is 8.39. The third kappa shape index (κ3) is 1.34. The molecule has 0 spiro atoms. The van der Waals surface area contributed by atoms with Crippen LogP contribution in [0.25, 0.3) is 0 Å². The lowest BCUT2D eigenvalue weighted by molar-refractivity contribution is 0.109. The Labute approximate surface area is 72.6 Å². The van der Waals surface area contributed by atoms with Crippen molar-refractivity contribution in [2.75, 3.05) is 6.61 Å². The maximum absolute atomic E-state index is 5.36. The van der Waals surface area contributed by atoms with Gasteiger partial charge in [0, 0.05) is 18.3 Å². The second kappa shape index (κ2) is 3.23. The highest BCUT2D eigenvalue weighted by Crippen LogP contribution is 2.15. The van der Waals surface area contributed by atoms with E-state index in [0.29, 0.717) is 0 Å². The van der Waals surface area contributed by atoms with E-state index in [1.54, 1.807) is 0 Å². The van der Waals surface area contributed by atoms with E-state index in [2.05, 4.69) is 18.0 Å². The number of aromatic nitrogens is 1. The van der Waals surface area contributed by atoms with Gasteiger partial charge in [0.05, 0.1) is 13.2 Å². The Kier molecular flexibility index (Phi) is 2.09. The lowest BCUT2D eigenvalue weighted by atomic mass is 10.1. The van der Waals surface area contributed by atoms with Crippen molar-refractivity contribution in [2.45, 2.75) is 26.4 Å². The minimum atomic E-state index is 0.746. The monoisotopic (exact) mass is 163 g/mol. The average molecular weight is 163 g/mol. The summed E-state index contributed by atoms with van der Waals surface area (Å²) in [6.07, 6.45) is 4.00. The van der Waals surface area contributed by atoms with Crippen LogP contribution < -0.4 is 0 Å². The Morgan fingerprint density at radius 3 is 3.33 bits per heavy atom. The van der Waals surface area contributed by atoms with E-state index >= 15 is 0 Å². The summed E-state index contributed by atoms with van der Waals surface area (Å²) >= 11 is 0. The third-order valence-electron chi connectivity index (χ3n) is 2.27. The molecule has 12 heavy (non-hydrogen) atoms. The molecule has 0 saturated heterocycles. The van der Waals surface area contributed by atoms with E-state index in [1.165, 1.54) is 16.8 Å². The van der Waals surface area contributed by atoms with Crippen LogP contribution in [0.3, 0.4) is 0 Å². The predicted octanol–water partition coefficient (Wildman–Crippen LogP) is 1.72. The molecule has 1 aliphatic rings. The Hall–Kier alpha value is -0.890. The molecule has 0 aromatic carbocycles. The van der Waals surface area contributed by atoms with Crippen LogP contribution in [0, 0.1) is 0 Å². The number of fused-ring (bicyclic) bond motifs is 1. The minimum absolute atomic E-state index is 0.746. The highest BCUT2D eigenvalue weighted by Gasteiger charge is 2.10. The second-order valence-electron chi connectivity index (χ2n) is 3.11. The summed E-state index contributed by atoms with van der Waals surface area (Å²) in [6, 6.07) is 2.21. The van der Waals surface area contributed by atoms with Crippen molar-refractivity contribution in [1.29, 1.82) is 0 Å². The molecule has 2 heterocycles. The smallest absolute Gasteiger partial charge is 0.0734 e. The fourth-order valence-electron chi connectivity index (χ4n) is 1.48. The fourth-order valence-corrected chi connectivity index (χ4v) is 1.48. The normalized spacial score (nSPS) is 15.8. The van der Waals surface area contributed by atoms with Gasteiger partial charge in [0.15, 0.2) is 0 Å². The molecule has 1 aromatic heterocycles. The van der Waals surface area contributed by atoms with E-state index in [4.69, 9.17) is 4.74 Å². The number of ether oxygens (including phenoxy) is 1. The first kappa shape index (κ1) is 7.74. The molecule has 2 heteroatoms. The molecule has 0 amide bonds. The van der Waals surface area contributed by atoms with Gasteiger partial charge in [0.25, 0.3) is 0 Å². The zero-order valence-corrected chi connectivity index (χ0v) is 7.34. The van der Waals surface area contributed by atoms with Gasteiger partial charge >= 0.3 is 0 Å². The number of rotatable bonds is 1. The maximum atomic E-state index is 5.36. The molecule has 0 saturated carbocycles. The molecule has 0 unspecified atom stereocenters. The second-order valence-corrected chi connectivity index (χ2v) is 3.11. The van der Waals surface area contributed by atoms with Gasteiger partial charge < -0.3 is 4.74 Å². The molecule has 1 aliphatic heterocycles. The lowest BCUT2D eigenvalue weighted by Gasteiger charge is -2.15. The minimum Gasteiger partial charge on any atom is -0.376 e. The first-order chi connectivity index (χ1) is 5.90. The van der Waals surface area contributed by atoms with Gasteiger partial charge in [-0.05, 0) is 17.5 Å². The summed E-state index contributed by atoms with van der Waals surface area (Å²) in [6.45, 7) is 3.72. The molecular weight excluding hydrogens is 150 g/mol. The number of pyridine rings is 1. The molecular formula is C10H13NO. The first-order valence-corrected chi connectivity index (χ1v) is 4.44. The number of aryl methyl sites for hydroxylation is 1. The average Bonchev–Trinajstić information content (AvgIpc) is 2.17. The lowest BCUT2D eigenvalue weighted by Crippen LogP contribution is -2.11. The van der Waals surface area contributed by atoms with E-state index in [0.717, 1.165) is 26.1 Å². The largest absolute Gasteiger partial charge is 0.376 e. The first-order valence-electron chi connectivity index (χ1n) is 4.44. The Bertz CT molecular complexity index is 283. The van der Waals surface area contributed by atoms with Gasteiger partial charge in [-0.15, -0.1) is 0 Å². The summed E-state index contributed by atoms with van der Waals surface area (Å²) in [7, 11) is 0. The van der Waals surface area contributed by atoms with Crippen molar-refractivity contribution < 1.29 is 4.74 Å². The van der Waals surface area contributed by atoms with Crippen LogP contribution in [0.2, 0.25) is 0 Å². The molecule has 64 valence electrons. The van der Waals surface area contributed by atoms with Gasteiger partial charge in [-0.3, -0.25) is 4.98 Å². The van der Waals surface area contributed by atoms with E-state index in [9.17, 15) is 0 Å². The quantitative estimate of drug-likeness (QED) is 0.629. The zero-order valence-electron chi connectivity index (χ0n) is 7.34. The highest BCUT2D eigenvalue weighted by molar-refractivity contribution is 5.26. The van der Waals surface area contributed by atoms with Crippen molar-refractivity contribution in [3.63, 3.8) is 0 Å². The topological polar surface area (TPSA) is 22.1 Å². The van der Waals surface area contributed by atoms with E-state index < -0.39 is 0 Å². The Balaban J connectivity index is 2.36. The molecule has 0 bridgehead atoms. The molecule has 2 rings (SSSR count).